The number of nitrogens with zero attached hydrogens (tertiary/aromatic N) is 1. The van der Waals surface area contributed by atoms with Crippen molar-refractivity contribution in [2.75, 3.05) is 13.7 Å². The lowest BCUT2D eigenvalue weighted by Crippen LogP contribution is -2.46. The normalized spacial score (nSPS) is 25.7. The smallest absolute Gasteiger partial charge is 0.175 e. The number of rotatable bonds is 1. The van der Waals surface area contributed by atoms with Crippen LogP contribution in [0, 0.1) is 5.92 Å². The fourth-order valence-corrected chi connectivity index (χ4v) is 4.78. The van der Waals surface area contributed by atoms with Crippen LogP contribution in [0.3, 0.4) is 0 Å². The summed E-state index contributed by atoms with van der Waals surface area (Å²) in [5.41, 5.74) is 3.29. The van der Waals surface area contributed by atoms with Crippen molar-refractivity contribution in [3.8, 4) is 11.5 Å². The largest absolute Gasteiger partial charge is 0.504 e. The molecule has 0 aromatic heterocycles. The molecule has 0 bridgehead atoms. The van der Waals surface area contributed by atoms with Crippen LogP contribution in [0.4, 0.5) is 0 Å². The Morgan fingerprint density at radius 3 is 3.00 bits per heavy atom. The summed E-state index contributed by atoms with van der Waals surface area (Å²) < 4.78 is 8.57. The highest BCUT2D eigenvalue weighted by molar-refractivity contribution is 9.10. The zero-order chi connectivity index (χ0) is 16.1. The predicted molar refractivity (Wildman–Crippen MR) is 90.6 cm³/mol. The number of allylic oxidation sites excluding steroid dienone is 1. The quantitative estimate of drug-likeness (QED) is 0.766. The molecule has 4 rings (SSSR count). The van der Waals surface area contributed by atoms with Gasteiger partial charge < -0.3 is 9.84 Å². The highest BCUT2D eigenvalue weighted by Gasteiger charge is 2.43. The number of carbonyl (C=O) groups is 1. The number of hydrogen-bond acceptors (Lipinski definition) is 3. The highest BCUT2D eigenvalue weighted by atomic mass is 79.9. The number of piperidine rings is 1. The van der Waals surface area contributed by atoms with Crippen LogP contribution in [0.5, 0.6) is 11.5 Å². The number of ether oxygens (including phenoxy) is 1. The maximum atomic E-state index is 11.7. The third kappa shape index (κ3) is 2.33. The number of fused-ring (bicyclic) bond motifs is 4. The van der Waals surface area contributed by atoms with Gasteiger partial charge in [-0.1, -0.05) is 21.5 Å². The van der Waals surface area contributed by atoms with Crippen LogP contribution in [0.2, 0.25) is 0 Å². The van der Waals surface area contributed by atoms with Gasteiger partial charge in [-0.05, 0) is 24.1 Å². The van der Waals surface area contributed by atoms with Crippen molar-refractivity contribution in [2.45, 2.75) is 31.7 Å². The second-order valence-corrected chi connectivity index (χ2v) is 7.37. The molecule has 1 aliphatic carbocycles. The molecular weight excluding hydrogens is 358 g/mol. The number of halogens is 1. The molecule has 2 aliphatic heterocycles. The van der Waals surface area contributed by atoms with Crippen molar-refractivity contribution in [3.05, 3.63) is 33.3 Å². The summed E-state index contributed by atoms with van der Waals surface area (Å²) >= 11 is 3.62. The van der Waals surface area contributed by atoms with E-state index in [1.165, 1.54) is 5.57 Å². The minimum atomic E-state index is 0.212. The van der Waals surface area contributed by atoms with E-state index in [2.05, 4.69) is 26.7 Å². The molecule has 0 radical (unpaired) electrons. The average Bonchev–Trinajstić information content (AvgIpc) is 2.56. The Bertz CT molecular complexity index is 766. The van der Waals surface area contributed by atoms with Gasteiger partial charge in [0, 0.05) is 29.7 Å². The summed E-state index contributed by atoms with van der Waals surface area (Å²) in [7, 11) is 1.57. The Kier molecular flexibility index (Phi) is 3.56. The monoisotopic (exact) mass is 376 g/mol. The lowest BCUT2D eigenvalue weighted by atomic mass is 9.74. The summed E-state index contributed by atoms with van der Waals surface area (Å²) in [6.07, 6.45) is 7.35. The number of carbonyl (C=O) groups excluding carboxylic acids is 1. The molecule has 0 saturated carbocycles. The van der Waals surface area contributed by atoms with Crippen molar-refractivity contribution in [1.82, 2.24) is 0 Å². The molecule has 1 aromatic carbocycles. The van der Waals surface area contributed by atoms with E-state index in [4.69, 9.17) is 4.74 Å². The second-order valence-electron chi connectivity index (χ2n) is 6.52. The van der Waals surface area contributed by atoms with Crippen LogP contribution in [0.25, 0.3) is 0 Å². The molecule has 0 spiro atoms. The van der Waals surface area contributed by atoms with Crippen LogP contribution >= 0.6 is 15.9 Å². The van der Waals surface area contributed by atoms with Crippen molar-refractivity contribution in [1.29, 1.82) is 0 Å². The van der Waals surface area contributed by atoms with Gasteiger partial charge in [-0.3, -0.25) is 4.79 Å². The number of phenols is 1. The van der Waals surface area contributed by atoms with Crippen LogP contribution in [-0.2, 0) is 11.2 Å². The number of benzene rings is 1. The van der Waals surface area contributed by atoms with Crippen molar-refractivity contribution >= 4 is 27.9 Å². The van der Waals surface area contributed by atoms with E-state index in [0.717, 1.165) is 41.4 Å². The molecule has 1 aromatic rings. The maximum absolute atomic E-state index is 11.7. The summed E-state index contributed by atoms with van der Waals surface area (Å²) in [5, 5.41) is 10.5. The molecule has 120 valence electrons. The number of methoxy groups -OCH3 is 1. The first kappa shape index (κ1) is 14.9. The topological polar surface area (TPSA) is 49.5 Å². The molecule has 3 aliphatic rings. The minimum Gasteiger partial charge on any atom is -0.504 e. The lowest BCUT2D eigenvalue weighted by molar-refractivity contribution is -0.577. The number of aromatic hydroxyl groups is 1. The van der Waals surface area contributed by atoms with Crippen LogP contribution in [0.15, 0.2) is 22.2 Å². The van der Waals surface area contributed by atoms with Crippen molar-refractivity contribution < 1.29 is 19.2 Å². The second kappa shape index (κ2) is 5.48. The molecule has 1 fully saturated rings. The first-order valence-corrected chi connectivity index (χ1v) is 8.80. The van der Waals surface area contributed by atoms with Gasteiger partial charge >= 0.3 is 0 Å². The fraction of sp³-hybridized carbons (Fsp3) is 0.444. The number of phenolic OH excluding ortho intramolecular Hbond substituents is 1. The zero-order valence-electron chi connectivity index (χ0n) is 13.0. The van der Waals surface area contributed by atoms with E-state index < -0.39 is 0 Å². The standard InChI is InChI=1S/C18H18BrNO3/c1-23-17-8-15(19)13-7-16-12-3-2-11(21)6-10(12)4-5-20(16)9-14(13)18(17)22/h6,8-9,12,16H,2-5,7H2,1H3/p+1. The summed E-state index contributed by atoms with van der Waals surface area (Å²) in [4.78, 5) is 11.7. The van der Waals surface area contributed by atoms with Gasteiger partial charge in [-0.2, -0.15) is 0 Å². The van der Waals surface area contributed by atoms with Gasteiger partial charge in [0.15, 0.2) is 29.5 Å². The van der Waals surface area contributed by atoms with E-state index in [9.17, 15) is 9.90 Å². The fourth-order valence-electron chi connectivity index (χ4n) is 4.19. The third-order valence-corrected chi connectivity index (χ3v) is 6.07. The summed E-state index contributed by atoms with van der Waals surface area (Å²) in [5.74, 6) is 1.42. The first-order chi connectivity index (χ1) is 11.1. The van der Waals surface area contributed by atoms with Gasteiger partial charge in [-0.25, -0.2) is 4.58 Å². The molecule has 2 heterocycles. The molecule has 1 N–H and O–H groups in total. The zero-order valence-corrected chi connectivity index (χ0v) is 14.6. The van der Waals surface area contributed by atoms with E-state index in [1.807, 2.05) is 12.1 Å². The first-order valence-electron chi connectivity index (χ1n) is 8.00. The van der Waals surface area contributed by atoms with Gasteiger partial charge in [-0.15, -0.1) is 0 Å². The van der Waals surface area contributed by atoms with E-state index in [0.29, 0.717) is 24.1 Å². The number of ketones is 1. The molecule has 0 amide bonds. The minimum absolute atomic E-state index is 0.212. The lowest BCUT2D eigenvalue weighted by Gasteiger charge is -2.36. The molecular formula is C18H19BrNO3+. The van der Waals surface area contributed by atoms with Crippen molar-refractivity contribution in [3.63, 3.8) is 0 Å². The predicted octanol–water partition coefficient (Wildman–Crippen LogP) is 2.83. The van der Waals surface area contributed by atoms with Crippen molar-refractivity contribution in [2.24, 2.45) is 5.92 Å². The Morgan fingerprint density at radius 1 is 1.39 bits per heavy atom. The van der Waals surface area contributed by atoms with Crippen LogP contribution in [-0.4, -0.2) is 41.4 Å². The average molecular weight is 377 g/mol. The maximum Gasteiger partial charge on any atom is 0.175 e. The Hall–Kier alpha value is -1.62. The van der Waals surface area contributed by atoms with Crippen LogP contribution in [0.1, 0.15) is 30.4 Å². The van der Waals surface area contributed by atoms with Crippen LogP contribution < -0.4 is 4.74 Å². The SMILES string of the molecule is COc1cc(Br)c2c(c1O)C=[N+]1CCC3=CC(=O)CCC3C1C2. The van der Waals surface area contributed by atoms with E-state index >= 15 is 0 Å². The molecule has 5 heteroatoms. The molecule has 23 heavy (non-hydrogen) atoms. The molecule has 4 nitrogen and oxygen atoms in total. The van der Waals surface area contributed by atoms with Gasteiger partial charge in [0.2, 0.25) is 0 Å². The Morgan fingerprint density at radius 2 is 2.22 bits per heavy atom. The highest BCUT2D eigenvalue weighted by Crippen LogP contribution is 2.42. The van der Waals surface area contributed by atoms with Gasteiger partial charge in [0.1, 0.15) is 6.54 Å². The summed E-state index contributed by atoms with van der Waals surface area (Å²) in [6.45, 7) is 0.897. The van der Waals surface area contributed by atoms with Gasteiger partial charge in [0.25, 0.3) is 0 Å². The molecule has 2 atom stereocenters. The molecule has 1 saturated heterocycles. The van der Waals surface area contributed by atoms with Gasteiger partial charge in [0.05, 0.1) is 12.7 Å². The number of hydrogen-bond donors (Lipinski definition) is 1. The summed E-state index contributed by atoms with van der Waals surface area (Å²) in [6, 6.07) is 2.21. The van der Waals surface area contributed by atoms with E-state index in [1.54, 1.807) is 7.11 Å². The Labute approximate surface area is 143 Å². The molecule has 2 unspecified atom stereocenters. The van der Waals surface area contributed by atoms with E-state index in [-0.39, 0.29) is 11.5 Å². The third-order valence-electron chi connectivity index (χ3n) is 5.36. The Balaban J connectivity index is 1.79.